The van der Waals surface area contributed by atoms with Crippen molar-refractivity contribution in [1.82, 2.24) is 4.90 Å². The molecule has 14 heavy (non-hydrogen) atoms. The molecule has 0 aliphatic heterocycles. The highest BCUT2D eigenvalue weighted by Crippen LogP contribution is 2.17. The van der Waals surface area contributed by atoms with E-state index in [0.29, 0.717) is 5.92 Å². The van der Waals surface area contributed by atoms with E-state index in [9.17, 15) is 0 Å². The number of nitrogens with zero attached hydrogens (tertiary/aromatic N) is 1. The predicted molar refractivity (Wildman–Crippen MR) is 62.2 cm³/mol. The van der Waals surface area contributed by atoms with Crippen LogP contribution < -0.4 is 5.73 Å². The molecule has 0 saturated carbocycles. The summed E-state index contributed by atoms with van der Waals surface area (Å²) in [5.74, 6) is 0.650. The third-order valence-corrected chi connectivity index (χ3v) is 2.63. The van der Waals surface area contributed by atoms with Gasteiger partial charge in [-0.1, -0.05) is 25.2 Å². The first-order valence-corrected chi connectivity index (χ1v) is 5.53. The Morgan fingerprint density at radius 3 is 2.86 bits per heavy atom. The smallest absolute Gasteiger partial charge is 0.0229 e. The van der Waals surface area contributed by atoms with Crippen molar-refractivity contribution >= 4 is 0 Å². The minimum absolute atomic E-state index is 0.284. The second-order valence-electron chi connectivity index (χ2n) is 4.09. The van der Waals surface area contributed by atoms with Gasteiger partial charge in [-0.25, -0.2) is 0 Å². The van der Waals surface area contributed by atoms with Crippen LogP contribution in [0.15, 0.2) is 24.8 Å². The summed E-state index contributed by atoms with van der Waals surface area (Å²) in [6.45, 7) is 9.28. The fourth-order valence-electron chi connectivity index (χ4n) is 2.03. The lowest BCUT2D eigenvalue weighted by Crippen LogP contribution is -2.30. The summed E-state index contributed by atoms with van der Waals surface area (Å²) in [7, 11) is 0. The van der Waals surface area contributed by atoms with Crippen molar-refractivity contribution in [2.45, 2.75) is 25.8 Å². The molecule has 0 radical (unpaired) electrons. The molecule has 80 valence electrons. The molecule has 0 aromatic heterocycles. The highest BCUT2D eigenvalue weighted by molar-refractivity contribution is 5.05. The highest BCUT2D eigenvalue weighted by atomic mass is 15.1. The van der Waals surface area contributed by atoms with Crippen LogP contribution in [0.4, 0.5) is 0 Å². The average molecular weight is 194 g/mol. The molecule has 0 amide bonds. The lowest BCUT2D eigenvalue weighted by atomic mass is 10.1. The van der Waals surface area contributed by atoms with Crippen LogP contribution in [0.5, 0.6) is 0 Å². The molecular formula is C12H22N2. The Morgan fingerprint density at radius 2 is 2.36 bits per heavy atom. The molecule has 0 bridgehead atoms. The standard InChI is InChI=1S/C12H22N2/c1-3-7-14(8-4-2)10-11-5-6-12(13)9-11/h3,5-6,11-12H,1,4,7-10,13H2,2H3. The average Bonchev–Trinajstić information content (AvgIpc) is 2.52. The Labute approximate surface area is 87.5 Å². The van der Waals surface area contributed by atoms with Crippen LogP contribution in [0.1, 0.15) is 19.8 Å². The summed E-state index contributed by atoms with van der Waals surface area (Å²) in [6.07, 6.45) is 8.68. The van der Waals surface area contributed by atoms with Crippen molar-refractivity contribution in [2.75, 3.05) is 19.6 Å². The zero-order chi connectivity index (χ0) is 10.4. The van der Waals surface area contributed by atoms with Gasteiger partial charge in [0.2, 0.25) is 0 Å². The molecule has 2 heteroatoms. The minimum Gasteiger partial charge on any atom is -0.324 e. The van der Waals surface area contributed by atoms with Gasteiger partial charge in [0, 0.05) is 19.1 Å². The Balaban J connectivity index is 2.31. The van der Waals surface area contributed by atoms with Crippen LogP contribution in [0, 0.1) is 5.92 Å². The van der Waals surface area contributed by atoms with E-state index in [1.807, 2.05) is 6.08 Å². The second-order valence-corrected chi connectivity index (χ2v) is 4.09. The number of nitrogens with two attached hydrogens (primary N) is 1. The Kier molecular flexibility index (Phi) is 4.91. The molecule has 0 aromatic carbocycles. The van der Waals surface area contributed by atoms with E-state index in [0.717, 1.165) is 26.1 Å². The summed E-state index contributed by atoms with van der Waals surface area (Å²) >= 11 is 0. The van der Waals surface area contributed by atoms with Crippen molar-refractivity contribution in [1.29, 1.82) is 0 Å². The van der Waals surface area contributed by atoms with Gasteiger partial charge in [-0.3, -0.25) is 4.90 Å². The molecule has 1 aliphatic carbocycles. The van der Waals surface area contributed by atoms with Crippen molar-refractivity contribution in [3.05, 3.63) is 24.8 Å². The summed E-state index contributed by atoms with van der Waals surface area (Å²) in [5, 5.41) is 0. The molecule has 1 aliphatic rings. The zero-order valence-corrected chi connectivity index (χ0v) is 9.15. The van der Waals surface area contributed by atoms with Crippen LogP contribution in [0.25, 0.3) is 0 Å². The van der Waals surface area contributed by atoms with Crippen LogP contribution in [-0.2, 0) is 0 Å². The first-order chi connectivity index (χ1) is 6.76. The first kappa shape index (κ1) is 11.5. The van der Waals surface area contributed by atoms with Gasteiger partial charge < -0.3 is 5.73 Å². The molecule has 2 N–H and O–H groups in total. The van der Waals surface area contributed by atoms with Gasteiger partial charge in [0.05, 0.1) is 0 Å². The minimum atomic E-state index is 0.284. The van der Waals surface area contributed by atoms with Gasteiger partial charge in [-0.2, -0.15) is 0 Å². The van der Waals surface area contributed by atoms with Crippen LogP contribution >= 0.6 is 0 Å². The molecule has 1 rings (SSSR count). The molecule has 0 saturated heterocycles. The third-order valence-electron chi connectivity index (χ3n) is 2.63. The summed E-state index contributed by atoms with van der Waals surface area (Å²) in [6, 6.07) is 0.284. The Morgan fingerprint density at radius 1 is 1.57 bits per heavy atom. The van der Waals surface area contributed by atoms with Gasteiger partial charge in [0.1, 0.15) is 0 Å². The largest absolute Gasteiger partial charge is 0.324 e. The number of hydrogen-bond acceptors (Lipinski definition) is 2. The van der Waals surface area contributed by atoms with E-state index in [4.69, 9.17) is 5.73 Å². The van der Waals surface area contributed by atoms with Crippen molar-refractivity contribution in [3.8, 4) is 0 Å². The molecular weight excluding hydrogens is 172 g/mol. The van der Waals surface area contributed by atoms with Gasteiger partial charge in [-0.15, -0.1) is 6.58 Å². The normalized spacial score (nSPS) is 25.9. The van der Waals surface area contributed by atoms with E-state index in [1.54, 1.807) is 0 Å². The zero-order valence-electron chi connectivity index (χ0n) is 9.15. The monoisotopic (exact) mass is 194 g/mol. The fourth-order valence-corrected chi connectivity index (χ4v) is 2.03. The molecule has 2 nitrogen and oxygen atoms in total. The van der Waals surface area contributed by atoms with E-state index in [1.165, 1.54) is 6.42 Å². The second kappa shape index (κ2) is 5.99. The number of hydrogen-bond donors (Lipinski definition) is 1. The lowest BCUT2D eigenvalue weighted by Gasteiger charge is -2.23. The van der Waals surface area contributed by atoms with Crippen LogP contribution in [0.3, 0.4) is 0 Å². The summed E-state index contributed by atoms with van der Waals surface area (Å²) in [5.41, 5.74) is 5.82. The van der Waals surface area contributed by atoms with Crippen molar-refractivity contribution in [2.24, 2.45) is 11.7 Å². The SMILES string of the molecule is C=CCN(CCC)CC1C=CC(N)C1. The third kappa shape index (κ3) is 3.64. The Bertz CT molecular complexity index is 198. The van der Waals surface area contributed by atoms with Gasteiger partial charge in [0.25, 0.3) is 0 Å². The molecule has 0 spiro atoms. The van der Waals surface area contributed by atoms with E-state index in [2.05, 4.69) is 30.6 Å². The molecule has 2 atom stereocenters. The van der Waals surface area contributed by atoms with Crippen LogP contribution in [-0.4, -0.2) is 30.6 Å². The molecule has 2 unspecified atom stereocenters. The maximum atomic E-state index is 5.82. The highest BCUT2D eigenvalue weighted by Gasteiger charge is 2.17. The quantitative estimate of drug-likeness (QED) is 0.653. The molecule has 0 fully saturated rings. The van der Waals surface area contributed by atoms with Gasteiger partial charge in [-0.05, 0) is 25.3 Å². The molecule has 0 aromatic rings. The van der Waals surface area contributed by atoms with Crippen molar-refractivity contribution < 1.29 is 0 Å². The number of rotatable bonds is 6. The summed E-state index contributed by atoms with van der Waals surface area (Å²) < 4.78 is 0. The first-order valence-electron chi connectivity index (χ1n) is 5.53. The van der Waals surface area contributed by atoms with Crippen molar-refractivity contribution in [3.63, 3.8) is 0 Å². The lowest BCUT2D eigenvalue weighted by molar-refractivity contribution is 0.269. The van der Waals surface area contributed by atoms with E-state index < -0.39 is 0 Å². The Hall–Kier alpha value is -0.600. The fraction of sp³-hybridized carbons (Fsp3) is 0.667. The van der Waals surface area contributed by atoms with E-state index >= 15 is 0 Å². The maximum Gasteiger partial charge on any atom is 0.0229 e. The van der Waals surface area contributed by atoms with E-state index in [-0.39, 0.29) is 6.04 Å². The van der Waals surface area contributed by atoms with Gasteiger partial charge in [0.15, 0.2) is 0 Å². The molecule has 0 heterocycles. The topological polar surface area (TPSA) is 29.3 Å². The van der Waals surface area contributed by atoms with Crippen LogP contribution in [0.2, 0.25) is 0 Å². The maximum absolute atomic E-state index is 5.82. The summed E-state index contributed by atoms with van der Waals surface area (Å²) in [4.78, 5) is 2.44. The predicted octanol–water partition coefficient (Wildman–Crippen LogP) is 1.79. The van der Waals surface area contributed by atoms with Gasteiger partial charge >= 0.3 is 0 Å².